The van der Waals surface area contributed by atoms with Crippen molar-refractivity contribution in [2.24, 2.45) is 4.40 Å². The Bertz CT molecular complexity index is 792. The van der Waals surface area contributed by atoms with E-state index in [0.717, 1.165) is 17.0 Å². The molecule has 0 fully saturated rings. The Kier molecular flexibility index (Phi) is 4.84. The lowest BCUT2D eigenvalue weighted by Crippen LogP contribution is -2.35. The number of fused-ring (bicyclic) bond motifs is 3. The van der Waals surface area contributed by atoms with Crippen molar-refractivity contribution in [2.45, 2.75) is 11.3 Å². The van der Waals surface area contributed by atoms with Gasteiger partial charge in [-0.25, -0.2) is 8.42 Å². The summed E-state index contributed by atoms with van der Waals surface area (Å²) in [5.41, 5.74) is 1.50. The molecule has 7 nitrogen and oxygen atoms in total. The van der Waals surface area contributed by atoms with Crippen LogP contribution in [0.25, 0.3) is 0 Å². The summed E-state index contributed by atoms with van der Waals surface area (Å²) in [5, 5.41) is 0.467. The summed E-state index contributed by atoms with van der Waals surface area (Å²) in [5.74, 6) is -0.0479. The monoisotopic (exact) mass is 369 g/mol. The van der Waals surface area contributed by atoms with E-state index < -0.39 is 10.0 Å². The van der Waals surface area contributed by atoms with E-state index in [4.69, 9.17) is 4.74 Å². The lowest BCUT2D eigenvalue weighted by molar-refractivity contribution is 0.0779. The molecule has 0 atom stereocenters. The molecule has 0 unspecified atom stereocenters. The number of carbonyl (C=O) groups excluding carboxylic acids is 1. The summed E-state index contributed by atoms with van der Waals surface area (Å²) in [4.78, 5) is 16.9. The Morgan fingerprint density at radius 1 is 1.46 bits per heavy atom. The van der Waals surface area contributed by atoms with E-state index in [9.17, 15) is 13.2 Å². The fourth-order valence-corrected chi connectivity index (χ4v) is 4.93. The van der Waals surface area contributed by atoms with Crippen molar-refractivity contribution in [3.05, 3.63) is 23.8 Å². The Labute approximate surface area is 145 Å². The number of anilines is 1. The molecule has 2 aliphatic rings. The number of hydrogen-bond donors (Lipinski definition) is 0. The zero-order valence-corrected chi connectivity index (χ0v) is 15.2. The second-order valence-electron chi connectivity index (χ2n) is 5.67. The van der Waals surface area contributed by atoms with Crippen molar-refractivity contribution in [1.29, 1.82) is 0 Å². The molecule has 0 spiro atoms. The molecule has 0 saturated carbocycles. The second kappa shape index (κ2) is 6.73. The predicted octanol–water partition coefficient (Wildman–Crippen LogP) is 1.41. The number of amidine groups is 1. The molecule has 1 amide bonds. The van der Waals surface area contributed by atoms with Gasteiger partial charge in [0.15, 0.2) is 5.17 Å². The van der Waals surface area contributed by atoms with Gasteiger partial charge in [-0.15, -0.1) is 4.40 Å². The first-order valence-electron chi connectivity index (χ1n) is 7.58. The van der Waals surface area contributed by atoms with Crippen LogP contribution in [0.15, 0.2) is 27.5 Å². The average Bonchev–Trinajstić information content (AvgIpc) is 2.89. The molecule has 0 saturated heterocycles. The van der Waals surface area contributed by atoms with Crippen LogP contribution in [-0.4, -0.2) is 64.0 Å². The van der Waals surface area contributed by atoms with Gasteiger partial charge in [-0.2, -0.15) is 0 Å². The van der Waals surface area contributed by atoms with E-state index in [0.29, 0.717) is 30.4 Å². The van der Waals surface area contributed by atoms with Gasteiger partial charge in [0.2, 0.25) is 0 Å². The number of rotatable bonds is 5. The highest BCUT2D eigenvalue weighted by atomic mass is 32.2. The second-order valence-corrected chi connectivity index (χ2v) is 8.43. The van der Waals surface area contributed by atoms with Crippen LogP contribution in [0.1, 0.15) is 16.8 Å². The molecular formula is C15H19N3O4S2. The number of benzene rings is 1. The van der Waals surface area contributed by atoms with Crippen LogP contribution in [-0.2, 0) is 14.8 Å². The number of sulfonamides is 1. The Morgan fingerprint density at radius 2 is 2.25 bits per heavy atom. The molecule has 2 heterocycles. The van der Waals surface area contributed by atoms with Crippen LogP contribution >= 0.6 is 11.8 Å². The summed E-state index contributed by atoms with van der Waals surface area (Å²) in [6.07, 6.45) is 0.779. The van der Waals surface area contributed by atoms with Gasteiger partial charge in [0.05, 0.1) is 11.4 Å². The standard InChI is InChI=1S/C15H19N3O4S2/c1-17(6-3-8-22-2)14(19)11-4-5-12-13(10-11)23-15-16-24(20,21)9-7-18(12)15/h4-5,10H,3,6-9H2,1-2H3. The van der Waals surface area contributed by atoms with Gasteiger partial charge in [0, 0.05) is 44.3 Å². The summed E-state index contributed by atoms with van der Waals surface area (Å²) in [7, 11) is 0.0294. The highest BCUT2D eigenvalue weighted by Gasteiger charge is 2.33. The van der Waals surface area contributed by atoms with Gasteiger partial charge in [0.25, 0.3) is 15.9 Å². The van der Waals surface area contributed by atoms with Gasteiger partial charge >= 0.3 is 0 Å². The molecule has 1 aromatic rings. The number of hydrogen-bond acceptors (Lipinski definition) is 6. The highest BCUT2D eigenvalue weighted by Crippen LogP contribution is 2.42. The fraction of sp³-hybridized carbons (Fsp3) is 0.467. The third-order valence-electron chi connectivity index (χ3n) is 3.91. The van der Waals surface area contributed by atoms with E-state index in [1.54, 1.807) is 25.1 Å². The Hall–Kier alpha value is -1.58. The minimum absolute atomic E-state index is 0.0133. The maximum Gasteiger partial charge on any atom is 0.257 e. The van der Waals surface area contributed by atoms with Crippen molar-refractivity contribution in [3.63, 3.8) is 0 Å². The number of ether oxygens (including phenoxy) is 1. The van der Waals surface area contributed by atoms with Gasteiger partial charge in [-0.05, 0) is 36.4 Å². The van der Waals surface area contributed by atoms with Crippen LogP contribution in [0.3, 0.4) is 0 Å². The molecule has 24 heavy (non-hydrogen) atoms. The lowest BCUT2D eigenvalue weighted by atomic mass is 10.1. The minimum Gasteiger partial charge on any atom is -0.385 e. The summed E-state index contributed by atoms with van der Waals surface area (Å²) in [6, 6.07) is 5.45. The van der Waals surface area contributed by atoms with E-state index in [1.165, 1.54) is 11.8 Å². The molecule has 0 N–H and O–H groups in total. The topological polar surface area (TPSA) is 79.3 Å². The van der Waals surface area contributed by atoms with Gasteiger partial charge < -0.3 is 14.5 Å². The van der Waals surface area contributed by atoms with Crippen molar-refractivity contribution < 1.29 is 17.9 Å². The van der Waals surface area contributed by atoms with Gasteiger partial charge in [-0.1, -0.05) is 0 Å². The third-order valence-corrected chi connectivity index (χ3v) is 6.21. The zero-order chi connectivity index (χ0) is 17.3. The van der Waals surface area contributed by atoms with Crippen molar-refractivity contribution in [2.75, 3.05) is 44.5 Å². The van der Waals surface area contributed by atoms with Crippen LogP contribution < -0.4 is 4.90 Å². The molecule has 0 bridgehead atoms. The van der Waals surface area contributed by atoms with Gasteiger partial charge in [-0.3, -0.25) is 4.79 Å². The lowest BCUT2D eigenvalue weighted by Gasteiger charge is -2.22. The molecule has 130 valence electrons. The average molecular weight is 369 g/mol. The maximum absolute atomic E-state index is 12.5. The quantitative estimate of drug-likeness (QED) is 0.730. The van der Waals surface area contributed by atoms with E-state index >= 15 is 0 Å². The Morgan fingerprint density at radius 3 is 3.00 bits per heavy atom. The molecule has 9 heteroatoms. The molecule has 0 aromatic heterocycles. The molecular weight excluding hydrogens is 350 g/mol. The molecule has 0 radical (unpaired) electrons. The van der Waals surface area contributed by atoms with E-state index in [2.05, 4.69) is 4.40 Å². The Balaban J connectivity index is 1.78. The molecule has 3 rings (SSSR count). The van der Waals surface area contributed by atoms with Crippen molar-refractivity contribution in [1.82, 2.24) is 4.90 Å². The van der Waals surface area contributed by atoms with E-state index in [-0.39, 0.29) is 11.7 Å². The predicted molar refractivity (Wildman–Crippen MR) is 94.3 cm³/mol. The van der Waals surface area contributed by atoms with Crippen molar-refractivity contribution in [3.8, 4) is 0 Å². The zero-order valence-electron chi connectivity index (χ0n) is 13.6. The maximum atomic E-state index is 12.5. The first-order valence-corrected chi connectivity index (χ1v) is 10.0. The first-order chi connectivity index (χ1) is 11.4. The van der Waals surface area contributed by atoms with Gasteiger partial charge in [0.1, 0.15) is 0 Å². The smallest absolute Gasteiger partial charge is 0.257 e. The van der Waals surface area contributed by atoms with Crippen LogP contribution in [0.2, 0.25) is 0 Å². The summed E-state index contributed by atoms with van der Waals surface area (Å²) < 4.78 is 32.1. The SMILES string of the molecule is COCCCN(C)C(=O)c1ccc2c(c1)SC1=NS(=O)(=O)CCN12. The third kappa shape index (κ3) is 3.42. The number of nitrogens with zero attached hydrogens (tertiary/aromatic N) is 3. The first kappa shape index (κ1) is 17.2. The molecule has 1 aromatic carbocycles. The normalized spacial score (nSPS) is 17.9. The highest BCUT2D eigenvalue weighted by molar-refractivity contribution is 8.15. The summed E-state index contributed by atoms with van der Waals surface area (Å²) in [6.45, 7) is 1.63. The molecule has 2 aliphatic heterocycles. The fourth-order valence-electron chi connectivity index (χ4n) is 2.63. The number of thioether (sulfide) groups is 1. The van der Waals surface area contributed by atoms with Crippen LogP contribution in [0.5, 0.6) is 0 Å². The van der Waals surface area contributed by atoms with Crippen molar-refractivity contribution >= 4 is 38.5 Å². The van der Waals surface area contributed by atoms with Crippen LogP contribution in [0.4, 0.5) is 5.69 Å². The minimum atomic E-state index is -3.37. The number of carbonyl (C=O) groups is 1. The largest absolute Gasteiger partial charge is 0.385 e. The molecule has 0 aliphatic carbocycles. The number of methoxy groups -OCH3 is 1. The van der Waals surface area contributed by atoms with E-state index in [1.807, 2.05) is 17.0 Å². The number of amides is 1. The van der Waals surface area contributed by atoms with Crippen LogP contribution in [0, 0.1) is 0 Å². The summed E-state index contributed by atoms with van der Waals surface area (Å²) >= 11 is 1.29.